The Morgan fingerprint density at radius 2 is 0.723 bits per heavy atom. The summed E-state index contributed by atoms with van der Waals surface area (Å²) in [6.07, 6.45) is 32.7. The monoisotopic (exact) mass is 1590 g/mol. The van der Waals surface area contributed by atoms with Crippen molar-refractivity contribution in [3.8, 4) is 33.4 Å². The molecule has 0 aliphatic heterocycles. The van der Waals surface area contributed by atoms with E-state index in [0.29, 0.717) is 86.2 Å². The molecule has 4 fully saturated rings. The van der Waals surface area contributed by atoms with Crippen molar-refractivity contribution in [1.82, 2.24) is 0 Å². The first-order valence-electron chi connectivity index (χ1n) is 42.4. The molecule has 4 nitrogen and oxygen atoms in total. The number of rotatable bonds is 20. The van der Waals surface area contributed by atoms with Crippen molar-refractivity contribution >= 4 is 34.3 Å². The minimum absolute atomic E-state index is 0.00743. The molecule has 112 heavy (non-hydrogen) atoms. The summed E-state index contributed by atoms with van der Waals surface area (Å²) < 4.78 is 70.5. The molecule has 4 saturated carbocycles. The predicted octanol–water partition coefficient (Wildman–Crippen LogP) is 29.1. The number of hydrogen-bond acceptors (Lipinski definition) is 4. The minimum atomic E-state index is -1.73. The maximum atomic E-state index is 14.9. The van der Waals surface area contributed by atoms with Crippen LogP contribution in [0.4, 0.5) is 22.0 Å². The van der Waals surface area contributed by atoms with Gasteiger partial charge in [-0.2, -0.15) is 0 Å². The average molecular weight is 1590 g/mol. The van der Waals surface area contributed by atoms with E-state index >= 15 is 0 Å². The summed E-state index contributed by atoms with van der Waals surface area (Å²) in [6, 6.07) is 58.4. The number of carbonyl (C=O) groups excluding carboxylic acids is 1. The molecule has 0 heterocycles. The second-order valence-electron chi connectivity index (χ2n) is 32.4. The Kier molecular flexibility index (Phi) is 37.3. The first-order valence-corrected chi connectivity index (χ1v) is 43.2. The van der Waals surface area contributed by atoms with Gasteiger partial charge in [-0.05, 0) is 282 Å². The second kappa shape index (κ2) is 46.3. The summed E-state index contributed by atoms with van der Waals surface area (Å²) in [5, 5.41) is 27.4. The number of aliphatic hydroxyl groups is 1. The third-order valence-electron chi connectivity index (χ3n) is 24.5. The Morgan fingerprint density at radius 1 is 0.384 bits per heavy atom. The normalized spacial score (nSPS) is 19.6. The van der Waals surface area contributed by atoms with Gasteiger partial charge in [0.25, 0.3) is 0 Å². The molecule has 0 aromatic heterocycles. The van der Waals surface area contributed by atoms with Crippen molar-refractivity contribution < 1.29 is 41.9 Å². The molecule has 0 bridgehead atoms. The molecule has 0 spiro atoms. The first-order chi connectivity index (χ1) is 54.0. The molecule has 4 aliphatic rings. The zero-order chi connectivity index (χ0) is 80.8. The van der Waals surface area contributed by atoms with Crippen LogP contribution in [-0.4, -0.2) is 28.1 Å². The Morgan fingerprint density at radius 3 is 1.06 bits per heavy atom. The van der Waals surface area contributed by atoms with E-state index in [0.717, 1.165) is 46.3 Å². The van der Waals surface area contributed by atoms with E-state index < -0.39 is 19.0 Å². The second-order valence-corrected chi connectivity index (χ2v) is 33.3. The fourth-order valence-electron chi connectivity index (χ4n) is 17.5. The van der Waals surface area contributed by atoms with Gasteiger partial charge in [0.1, 0.15) is 29.1 Å². The molecular weight excluding hydrogens is 1460 g/mol. The van der Waals surface area contributed by atoms with Gasteiger partial charge in [-0.3, -0.25) is 4.79 Å². The zero-order valence-electron chi connectivity index (χ0n) is 69.0. The van der Waals surface area contributed by atoms with E-state index in [1.807, 2.05) is 69.3 Å². The van der Waals surface area contributed by atoms with Crippen molar-refractivity contribution in [3.05, 3.63) is 277 Å². The fourth-order valence-corrected chi connectivity index (χ4v) is 17.8. The molecule has 0 amide bonds. The van der Waals surface area contributed by atoms with Crippen molar-refractivity contribution in [1.29, 1.82) is 0 Å². The summed E-state index contributed by atoms with van der Waals surface area (Å²) >= 11 is 3.50. The number of hydrogen-bond donors (Lipinski definition) is 3. The molecule has 9 aromatic carbocycles. The third kappa shape index (κ3) is 26.1. The largest absolute Gasteiger partial charge is 0.491 e. The van der Waals surface area contributed by atoms with Gasteiger partial charge in [0.05, 0.1) is 6.10 Å². The molecule has 600 valence electrons. The van der Waals surface area contributed by atoms with Crippen LogP contribution in [0.1, 0.15) is 304 Å². The number of aliphatic hydroxyl groups excluding tert-OH is 1. The Labute approximate surface area is 678 Å². The predicted molar refractivity (Wildman–Crippen MR) is 464 cm³/mol. The molecular formula is C101H127BBrF5O4. The number of halogens is 6. The summed E-state index contributed by atoms with van der Waals surface area (Å²) in [5.41, 5.74) is 14.4. The highest BCUT2D eigenvalue weighted by atomic mass is 79.9. The number of Topliss-reactive ketones (excluding diaryl/α,β-unsaturated/α-hetero) is 1. The molecule has 1 atom stereocenters. The van der Waals surface area contributed by atoms with Crippen LogP contribution in [0, 0.1) is 87.4 Å². The van der Waals surface area contributed by atoms with E-state index in [9.17, 15) is 31.9 Å². The molecule has 4 aliphatic carbocycles. The topological polar surface area (TPSA) is 77.8 Å². The van der Waals surface area contributed by atoms with E-state index in [2.05, 4.69) is 129 Å². The van der Waals surface area contributed by atoms with Gasteiger partial charge >= 0.3 is 7.12 Å². The van der Waals surface area contributed by atoms with Crippen LogP contribution in [-0.2, 0) is 0 Å². The van der Waals surface area contributed by atoms with Gasteiger partial charge in [-0.15, -0.1) is 0 Å². The summed E-state index contributed by atoms with van der Waals surface area (Å²) in [6.45, 7) is 21.5. The van der Waals surface area contributed by atoms with Crippen LogP contribution in [0.25, 0.3) is 33.4 Å². The van der Waals surface area contributed by atoms with Gasteiger partial charge in [-0.1, -0.05) is 273 Å². The molecule has 3 N–H and O–H groups in total. The van der Waals surface area contributed by atoms with Crippen molar-refractivity contribution in [3.63, 3.8) is 0 Å². The number of ketones is 1. The van der Waals surface area contributed by atoms with Crippen molar-refractivity contribution in [2.45, 2.75) is 273 Å². The lowest BCUT2D eigenvalue weighted by molar-refractivity contribution is 0.0987. The minimum Gasteiger partial charge on any atom is -0.423 e. The number of carbonyl (C=O) groups is 1. The lowest BCUT2D eigenvalue weighted by Crippen LogP contribution is -2.33. The highest BCUT2D eigenvalue weighted by molar-refractivity contribution is 9.10. The van der Waals surface area contributed by atoms with Crippen LogP contribution in [0.3, 0.4) is 0 Å². The van der Waals surface area contributed by atoms with E-state index in [1.54, 1.807) is 64.1 Å². The Hall–Kier alpha value is -7.28. The lowest BCUT2D eigenvalue weighted by Gasteiger charge is -2.28. The van der Waals surface area contributed by atoms with Gasteiger partial charge < -0.3 is 15.2 Å². The van der Waals surface area contributed by atoms with Gasteiger partial charge in [0.15, 0.2) is 5.78 Å². The molecule has 0 radical (unpaired) electrons. The molecule has 11 heteroatoms. The quantitative estimate of drug-likeness (QED) is 0.0404. The average Bonchev–Trinajstić information content (AvgIpc) is 0.812. The highest BCUT2D eigenvalue weighted by Crippen LogP contribution is 2.43. The summed E-state index contributed by atoms with van der Waals surface area (Å²) in [5.74, 6) is 5.31. The smallest absolute Gasteiger partial charge is 0.423 e. The van der Waals surface area contributed by atoms with Crippen molar-refractivity contribution in [2.24, 2.45) is 23.7 Å². The fraction of sp³-hybridized carbons (Fsp3) is 0.455. The van der Waals surface area contributed by atoms with Crippen LogP contribution < -0.4 is 5.46 Å². The van der Waals surface area contributed by atoms with Gasteiger partial charge in [0.2, 0.25) is 0 Å². The molecule has 13 rings (SSSR count). The van der Waals surface area contributed by atoms with Gasteiger partial charge in [0, 0.05) is 38.6 Å². The Bertz CT molecular complexity index is 4260. The van der Waals surface area contributed by atoms with E-state index in [4.69, 9.17) is 10.0 Å². The first kappa shape index (κ1) is 90.3. The van der Waals surface area contributed by atoms with Gasteiger partial charge in [-0.25, -0.2) is 22.0 Å². The zero-order valence-corrected chi connectivity index (χ0v) is 70.6. The number of benzene rings is 9. The Balaban J connectivity index is 0.000000175. The van der Waals surface area contributed by atoms with Crippen molar-refractivity contribution in [2.75, 3.05) is 0 Å². The third-order valence-corrected chi connectivity index (χ3v) is 25.1. The van der Waals surface area contributed by atoms with Crippen LogP contribution in [0.2, 0.25) is 0 Å². The summed E-state index contributed by atoms with van der Waals surface area (Å²) in [7, 11) is -1.73. The SMILES string of the molecule is CCCC1CCC(c2ccc(-c3ccc(C(=O)CC)c(C)c3F)cc2)CC1.CCCC1CCC(c2ccc(-c3ccc(C(O)CC)c(C)c3F)cc2)CC1.CCCC1CCC(c2ccc(-c3cccc(C)c3F)cc2)CC1.CCCC1CCC(c2ccc(Br)cc2)CC1.Cc1cccc(B(O)O)c1F.Cc1ccccc1F. The standard InChI is InChI=1S/C25H33FO.C25H31FO.C22H27F.C15H21Br.C7H8BFO2.C7H7F/c2*1-4-6-18-7-9-19(10-8-18)20-11-13-21(14-12-20)23-16-15-22(24(27)5-2)17(3)25(23)26;1-3-5-17-8-10-18(11-9-17)19-12-14-20(15-13-19)21-7-4-6-16(2)22(21)23;1-2-3-12-4-6-13(7-5-12)14-8-10-15(16)11-9-14;1-5-3-2-4-6(7(5)9)8(10)11;1-6-4-2-3-5-7(6)8/h11-16,18-19,24,27H,4-10H2,1-3H3;11-16,18-19H,4-10H2,1-3H3;4,6-7,12-15,17-18H,3,5,8-11H2,1-2H3;8-13H,2-7H2,1H3;2-4,10-11H,1H3;2-5H,1H3. The van der Waals surface area contributed by atoms with Crippen LogP contribution in [0.15, 0.2) is 186 Å². The lowest BCUT2D eigenvalue weighted by atomic mass is 9.77. The van der Waals surface area contributed by atoms with E-state index in [1.165, 1.54) is 193 Å². The summed E-state index contributed by atoms with van der Waals surface area (Å²) in [4.78, 5) is 12.0. The number of aryl methyl sites for hydroxylation is 3. The molecule has 9 aromatic rings. The van der Waals surface area contributed by atoms with Crippen LogP contribution >= 0.6 is 15.9 Å². The maximum absolute atomic E-state index is 14.9. The maximum Gasteiger partial charge on any atom is 0.491 e. The molecule has 1 unspecified atom stereocenters. The molecule has 0 saturated heterocycles. The highest BCUT2D eigenvalue weighted by Gasteiger charge is 2.27. The van der Waals surface area contributed by atoms with E-state index in [-0.39, 0.29) is 34.5 Å². The van der Waals surface area contributed by atoms with Crippen LogP contribution in [0.5, 0.6) is 0 Å².